The molecule has 8 nitrogen and oxygen atoms in total. The predicted octanol–water partition coefficient (Wildman–Crippen LogP) is 4.52. The number of ether oxygens (including phenoxy) is 1. The molecule has 1 aliphatic carbocycles. The molecule has 2 aliphatic rings. The van der Waals surface area contributed by atoms with Crippen LogP contribution in [0, 0.1) is 11.3 Å². The topological polar surface area (TPSA) is 105 Å². The predicted molar refractivity (Wildman–Crippen MR) is 138 cm³/mol. The van der Waals surface area contributed by atoms with E-state index in [1.165, 1.54) is 17.5 Å². The van der Waals surface area contributed by atoms with Crippen molar-refractivity contribution in [2.45, 2.75) is 63.3 Å². The fourth-order valence-electron chi connectivity index (χ4n) is 5.03. The molecule has 3 heterocycles. The Morgan fingerprint density at radius 2 is 2.11 bits per heavy atom. The van der Waals surface area contributed by atoms with E-state index >= 15 is 0 Å². The van der Waals surface area contributed by atoms with E-state index < -0.39 is 0 Å². The number of nitrogens with zero attached hydrogens (tertiary/aromatic N) is 4. The number of carbonyl (C=O) groups excluding carboxylic acids is 1. The van der Waals surface area contributed by atoms with Gasteiger partial charge in [-0.25, -0.2) is 9.97 Å². The zero-order chi connectivity index (χ0) is 24.2. The lowest BCUT2D eigenvalue weighted by Gasteiger charge is -2.19. The molecule has 0 bridgehead atoms. The summed E-state index contributed by atoms with van der Waals surface area (Å²) >= 11 is 1.30. The smallest absolute Gasteiger partial charge is 0.235 e. The SMILES string of the molecule is CCNc1nc(SCC(=O)Nc2c(C#N)c3c(n2CC2CCCO2)CCCC3)nc2ccccc12. The first kappa shape index (κ1) is 23.6. The minimum Gasteiger partial charge on any atom is -0.376 e. The fourth-order valence-corrected chi connectivity index (χ4v) is 5.68. The van der Waals surface area contributed by atoms with Crippen molar-refractivity contribution < 1.29 is 9.53 Å². The Morgan fingerprint density at radius 1 is 1.26 bits per heavy atom. The van der Waals surface area contributed by atoms with Crippen molar-refractivity contribution in [3.05, 3.63) is 41.1 Å². The Hall–Kier alpha value is -3.09. The Bertz CT molecular complexity index is 1280. The number of aromatic nitrogens is 3. The third-order valence-corrected chi connectivity index (χ3v) is 7.46. The summed E-state index contributed by atoms with van der Waals surface area (Å²) in [4.78, 5) is 22.3. The van der Waals surface area contributed by atoms with Gasteiger partial charge in [0.15, 0.2) is 5.16 Å². The van der Waals surface area contributed by atoms with E-state index in [1.807, 2.05) is 31.2 Å². The van der Waals surface area contributed by atoms with Crippen LogP contribution in [0.2, 0.25) is 0 Å². The van der Waals surface area contributed by atoms with Crippen LogP contribution >= 0.6 is 11.8 Å². The Balaban J connectivity index is 1.36. The van der Waals surface area contributed by atoms with Gasteiger partial charge in [0.05, 0.1) is 29.5 Å². The van der Waals surface area contributed by atoms with Crippen LogP contribution < -0.4 is 10.6 Å². The van der Waals surface area contributed by atoms with E-state index in [9.17, 15) is 10.1 Å². The molecule has 3 aromatic rings. The van der Waals surface area contributed by atoms with Gasteiger partial charge in [0.25, 0.3) is 0 Å². The van der Waals surface area contributed by atoms with Gasteiger partial charge in [0.2, 0.25) is 5.91 Å². The number of carbonyl (C=O) groups is 1. The number of rotatable bonds is 8. The van der Waals surface area contributed by atoms with E-state index in [-0.39, 0.29) is 17.8 Å². The van der Waals surface area contributed by atoms with Gasteiger partial charge >= 0.3 is 0 Å². The molecule has 0 radical (unpaired) electrons. The van der Waals surface area contributed by atoms with Crippen LogP contribution in [0.1, 0.15) is 49.4 Å². The first-order valence-corrected chi connectivity index (χ1v) is 13.4. The van der Waals surface area contributed by atoms with Crippen LogP contribution in [-0.2, 0) is 28.9 Å². The number of thioether (sulfide) groups is 1. The van der Waals surface area contributed by atoms with E-state index in [0.717, 1.165) is 74.0 Å². The molecule has 0 saturated carbocycles. The summed E-state index contributed by atoms with van der Waals surface area (Å²) in [6.07, 6.45) is 6.17. The number of benzene rings is 1. The second kappa shape index (κ2) is 10.7. The van der Waals surface area contributed by atoms with Crippen LogP contribution in [-0.4, -0.2) is 45.5 Å². The van der Waals surface area contributed by atoms with Crippen molar-refractivity contribution in [2.75, 3.05) is 29.5 Å². The Kier molecular flexibility index (Phi) is 7.21. The fraction of sp³-hybridized carbons (Fsp3) is 0.462. The standard InChI is InChI=1S/C26H30N6O2S/c1-2-28-24-19-10-3-5-11-21(19)29-26(31-24)35-16-23(33)30-25-20(14-27)18-9-4-6-12-22(18)32(25)15-17-8-7-13-34-17/h3,5,10-11,17H,2,4,6-9,12-13,15-16H2,1H3,(H,30,33)(H,28,29,31). The average molecular weight is 491 g/mol. The summed E-state index contributed by atoms with van der Waals surface area (Å²) in [7, 11) is 0. The molecule has 9 heteroatoms. The third kappa shape index (κ3) is 5.00. The molecule has 1 unspecified atom stereocenters. The highest BCUT2D eigenvalue weighted by molar-refractivity contribution is 7.99. The van der Waals surface area contributed by atoms with Gasteiger partial charge in [-0.1, -0.05) is 23.9 Å². The average Bonchev–Trinajstić information content (AvgIpc) is 3.49. The highest BCUT2D eigenvalue weighted by Crippen LogP contribution is 2.34. The normalized spacial score (nSPS) is 17.2. The van der Waals surface area contributed by atoms with E-state index in [4.69, 9.17) is 4.74 Å². The molecule has 5 rings (SSSR count). The monoisotopic (exact) mass is 490 g/mol. The number of nitriles is 1. The maximum Gasteiger partial charge on any atom is 0.235 e. The lowest BCUT2D eigenvalue weighted by atomic mass is 9.95. The van der Waals surface area contributed by atoms with Crippen LogP contribution in [0.4, 0.5) is 11.6 Å². The van der Waals surface area contributed by atoms with Gasteiger partial charge in [-0.2, -0.15) is 5.26 Å². The number of anilines is 2. The van der Waals surface area contributed by atoms with Crippen molar-refractivity contribution in [1.29, 1.82) is 5.26 Å². The molecule has 1 saturated heterocycles. The maximum absolute atomic E-state index is 13.1. The summed E-state index contributed by atoms with van der Waals surface area (Å²) in [5.74, 6) is 1.38. The maximum atomic E-state index is 13.1. The summed E-state index contributed by atoms with van der Waals surface area (Å²) in [6, 6.07) is 10.2. The highest BCUT2D eigenvalue weighted by atomic mass is 32.2. The zero-order valence-corrected chi connectivity index (χ0v) is 20.8. The zero-order valence-electron chi connectivity index (χ0n) is 20.0. The summed E-state index contributed by atoms with van der Waals surface area (Å²) in [5, 5.41) is 17.8. The van der Waals surface area contributed by atoms with Gasteiger partial charge in [-0.3, -0.25) is 4.79 Å². The van der Waals surface area contributed by atoms with E-state index in [2.05, 4.69) is 31.2 Å². The lowest BCUT2D eigenvalue weighted by molar-refractivity contribution is -0.113. The summed E-state index contributed by atoms with van der Waals surface area (Å²) in [6.45, 7) is 4.22. The first-order chi connectivity index (χ1) is 17.2. The summed E-state index contributed by atoms with van der Waals surface area (Å²) < 4.78 is 8.02. The molecule has 1 atom stereocenters. The Labute approximate surface area is 209 Å². The number of amides is 1. The quantitative estimate of drug-likeness (QED) is 0.353. The number of para-hydroxylation sites is 1. The van der Waals surface area contributed by atoms with Crippen molar-refractivity contribution >= 4 is 40.2 Å². The van der Waals surface area contributed by atoms with Gasteiger partial charge < -0.3 is 19.9 Å². The van der Waals surface area contributed by atoms with Crippen molar-refractivity contribution in [3.63, 3.8) is 0 Å². The second-order valence-corrected chi connectivity index (χ2v) is 9.90. The Morgan fingerprint density at radius 3 is 2.91 bits per heavy atom. The van der Waals surface area contributed by atoms with Crippen LogP contribution in [0.25, 0.3) is 10.9 Å². The van der Waals surface area contributed by atoms with Gasteiger partial charge in [-0.15, -0.1) is 0 Å². The molecule has 2 aromatic heterocycles. The van der Waals surface area contributed by atoms with Crippen molar-refractivity contribution in [2.24, 2.45) is 0 Å². The van der Waals surface area contributed by atoms with Crippen molar-refractivity contribution in [1.82, 2.24) is 14.5 Å². The van der Waals surface area contributed by atoms with Crippen LogP contribution in [0.3, 0.4) is 0 Å². The number of fused-ring (bicyclic) bond motifs is 2. The minimum absolute atomic E-state index is 0.125. The molecule has 0 spiro atoms. The summed E-state index contributed by atoms with van der Waals surface area (Å²) in [5.41, 5.74) is 3.71. The van der Waals surface area contributed by atoms with Gasteiger partial charge in [-0.05, 0) is 63.1 Å². The molecular weight excluding hydrogens is 460 g/mol. The van der Waals surface area contributed by atoms with Gasteiger partial charge in [0, 0.05) is 24.2 Å². The molecule has 182 valence electrons. The van der Waals surface area contributed by atoms with Gasteiger partial charge in [0.1, 0.15) is 17.7 Å². The van der Waals surface area contributed by atoms with Crippen LogP contribution in [0.5, 0.6) is 0 Å². The first-order valence-electron chi connectivity index (χ1n) is 12.4. The minimum atomic E-state index is -0.170. The number of hydrogen-bond donors (Lipinski definition) is 2. The molecule has 35 heavy (non-hydrogen) atoms. The van der Waals surface area contributed by atoms with Crippen LogP contribution in [0.15, 0.2) is 29.4 Å². The largest absolute Gasteiger partial charge is 0.376 e. The molecule has 1 aliphatic heterocycles. The molecule has 1 fully saturated rings. The molecule has 1 amide bonds. The molecule has 2 N–H and O–H groups in total. The van der Waals surface area contributed by atoms with E-state index in [0.29, 0.717) is 23.1 Å². The lowest BCUT2D eigenvalue weighted by Crippen LogP contribution is -2.23. The highest BCUT2D eigenvalue weighted by Gasteiger charge is 2.28. The molecular formula is C26H30N6O2S. The third-order valence-electron chi connectivity index (χ3n) is 6.61. The number of hydrogen-bond acceptors (Lipinski definition) is 7. The van der Waals surface area contributed by atoms with E-state index in [1.54, 1.807) is 0 Å². The van der Waals surface area contributed by atoms with Crippen molar-refractivity contribution in [3.8, 4) is 6.07 Å². The second-order valence-electron chi connectivity index (χ2n) is 8.95. The molecule has 1 aromatic carbocycles. The number of nitrogens with one attached hydrogen (secondary N) is 2.